The molecule has 6 nitrogen and oxygen atoms in total. The van der Waals surface area contributed by atoms with Crippen molar-refractivity contribution < 1.29 is 14.5 Å². The van der Waals surface area contributed by atoms with Crippen LogP contribution in [0.4, 0.5) is 11.4 Å². The molecule has 1 N–H and O–H groups in total. The lowest BCUT2D eigenvalue weighted by atomic mass is 10.2. The van der Waals surface area contributed by atoms with Crippen molar-refractivity contribution in [3.05, 3.63) is 61.6 Å². The Labute approximate surface area is 152 Å². The lowest BCUT2D eigenvalue weighted by molar-refractivity contribution is -0.384. The Balaban J connectivity index is 2.11. The Morgan fingerprint density at radius 1 is 1.17 bits per heavy atom. The van der Waals surface area contributed by atoms with E-state index < -0.39 is 16.9 Å². The van der Waals surface area contributed by atoms with Crippen molar-refractivity contribution in [1.82, 2.24) is 0 Å². The van der Waals surface area contributed by atoms with Crippen molar-refractivity contribution in [2.24, 2.45) is 0 Å². The summed E-state index contributed by atoms with van der Waals surface area (Å²) in [5, 5.41) is 14.1. The Morgan fingerprint density at radius 2 is 1.88 bits per heavy atom. The van der Waals surface area contributed by atoms with E-state index in [1.165, 1.54) is 37.3 Å². The molecule has 0 aromatic heterocycles. The molecule has 2 rings (SSSR count). The van der Waals surface area contributed by atoms with Crippen molar-refractivity contribution in [1.29, 1.82) is 0 Å². The maximum absolute atomic E-state index is 12.2. The van der Waals surface area contributed by atoms with Crippen LogP contribution in [0.5, 0.6) is 5.75 Å². The third-order valence-corrected chi connectivity index (χ3v) is 3.85. The molecular formula is C15H11Cl3N2O4. The van der Waals surface area contributed by atoms with Crippen LogP contribution in [0.1, 0.15) is 6.92 Å². The minimum atomic E-state index is -0.918. The molecule has 0 unspecified atom stereocenters. The molecule has 0 saturated carbocycles. The van der Waals surface area contributed by atoms with Gasteiger partial charge in [-0.1, -0.05) is 34.8 Å². The van der Waals surface area contributed by atoms with E-state index in [0.29, 0.717) is 5.02 Å². The van der Waals surface area contributed by atoms with Crippen LogP contribution in [0.2, 0.25) is 15.1 Å². The summed E-state index contributed by atoms with van der Waals surface area (Å²) in [7, 11) is 0. The van der Waals surface area contributed by atoms with E-state index in [-0.39, 0.29) is 27.2 Å². The second kappa shape index (κ2) is 7.70. The molecule has 1 amide bonds. The summed E-state index contributed by atoms with van der Waals surface area (Å²) in [6.45, 7) is 1.51. The summed E-state index contributed by atoms with van der Waals surface area (Å²) in [5.74, 6) is -0.253. The molecule has 0 heterocycles. The third-order valence-electron chi connectivity index (χ3n) is 2.99. The smallest absolute Gasteiger partial charge is 0.271 e. The standard InChI is InChI=1S/C15H11Cl3N2O4/c1-8(24-14-5-2-9(16)6-12(14)18)15(21)19-13-7-10(20(22)23)3-4-11(13)17/h2-8H,1H3,(H,19,21)/t8-/m0/s1. The maximum atomic E-state index is 12.2. The van der Waals surface area contributed by atoms with Gasteiger partial charge in [0.15, 0.2) is 6.10 Å². The van der Waals surface area contributed by atoms with Gasteiger partial charge in [-0.25, -0.2) is 0 Å². The molecule has 9 heteroatoms. The number of hydrogen-bond donors (Lipinski definition) is 1. The number of hydrogen-bond acceptors (Lipinski definition) is 4. The van der Waals surface area contributed by atoms with Gasteiger partial charge in [-0.15, -0.1) is 0 Å². The summed E-state index contributed by atoms with van der Waals surface area (Å²) in [6, 6.07) is 8.34. The number of nitro groups is 1. The Bertz CT molecular complexity index is 798. The number of carbonyl (C=O) groups is 1. The molecule has 0 radical (unpaired) electrons. The number of halogens is 3. The highest BCUT2D eigenvalue weighted by molar-refractivity contribution is 6.35. The number of amides is 1. The Hall–Kier alpha value is -2.02. The second-order valence-electron chi connectivity index (χ2n) is 4.75. The number of carbonyl (C=O) groups excluding carboxylic acids is 1. The van der Waals surface area contributed by atoms with Gasteiger partial charge in [-0.3, -0.25) is 14.9 Å². The molecule has 24 heavy (non-hydrogen) atoms. The van der Waals surface area contributed by atoms with Gasteiger partial charge in [0.2, 0.25) is 0 Å². The van der Waals surface area contributed by atoms with E-state index in [1.807, 2.05) is 0 Å². The van der Waals surface area contributed by atoms with E-state index in [2.05, 4.69) is 5.32 Å². The number of benzene rings is 2. The molecule has 1 atom stereocenters. The van der Waals surface area contributed by atoms with E-state index in [0.717, 1.165) is 0 Å². The summed E-state index contributed by atoms with van der Waals surface area (Å²) < 4.78 is 5.47. The molecule has 0 aliphatic heterocycles. The molecule has 0 spiro atoms. The molecule has 0 aliphatic carbocycles. The molecule has 2 aromatic carbocycles. The third kappa shape index (κ3) is 4.50. The zero-order valence-corrected chi connectivity index (χ0v) is 14.5. The first-order valence-electron chi connectivity index (χ1n) is 6.64. The summed E-state index contributed by atoms with van der Waals surface area (Å²) in [4.78, 5) is 22.4. The van der Waals surface area contributed by atoms with Crippen molar-refractivity contribution in [3.8, 4) is 5.75 Å². The minimum absolute atomic E-state index is 0.119. The van der Waals surface area contributed by atoms with Gasteiger partial charge < -0.3 is 10.1 Å². The first-order chi connectivity index (χ1) is 11.3. The molecule has 0 saturated heterocycles. The van der Waals surface area contributed by atoms with Crippen LogP contribution in [0.25, 0.3) is 0 Å². The lowest BCUT2D eigenvalue weighted by Crippen LogP contribution is -2.30. The SMILES string of the molecule is C[C@H](Oc1ccc(Cl)cc1Cl)C(=O)Nc1cc([N+](=O)[O-])ccc1Cl. The van der Waals surface area contributed by atoms with Gasteiger partial charge in [0.1, 0.15) is 5.75 Å². The number of anilines is 1. The van der Waals surface area contributed by atoms with Gasteiger partial charge in [0.25, 0.3) is 11.6 Å². The number of nitrogens with one attached hydrogen (secondary N) is 1. The van der Waals surface area contributed by atoms with Crippen LogP contribution in [-0.2, 0) is 4.79 Å². The van der Waals surface area contributed by atoms with E-state index in [4.69, 9.17) is 39.5 Å². The van der Waals surface area contributed by atoms with E-state index >= 15 is 0 Å². The van der Waals surface area contributed by atoms with Crippen molar-refractivity contribution in [2.75, 3.05) is 5.32 Å². The van der Waals surface area contributed by atoms with Crippen LogP contribution in [-0.4, -0.2) is 16.9 Å². The van der Waals surface area contributed by atoms with Gasteiger partial charge in [0.05, 0.1) is 20.7 Å². The van der Waals surface area contributed by atoms with E-state index in [9.17, 15) is 14.9 Å². The number of nitro benzene ring substituents is 1. The molecule has 0 bridgehead atoms. The first-order valence-corrected chi connectivity index (χ1v) is 7.78. The van der Waals surface area contributed by atoms with Crippen LogP contribution in [0.15, 0.2) is 36.4 Å². The number of ether oxygens (including phenoxy) is 1. The number of non-ortho nitro benzene ring substituents is 1. The number of nitrogens with zero attached hydrogens (tertiary/aromatic N) is 1. The average molecular weight is 390 g/mol. The maximum Gasteiger partial charge on any atom is 0.271 e. The highest BCUT2D eigenvalue weighted by Gasteiger charge is 2.19. The van der Waals surface area contributed by atoms with Crippen LogP contribution in [0.3, 0.4) is 0 Å². The second-order valence-corrected chi connectivity index (χ2v) is 6.00. The summed E-state index contributed by atoms with van der Waals surface area (Å²) >= 11 is 17.7. The highest BCUT2D eigenvalue weighted by Crippen LogP contribution is 2.29. The predicted molar refractivity (Wildman–Crippen MR) is 93.3 cm³/mol. The predicted octanol–water partition coefficient (Wildman–Crippen LogP) is 4.96. The van der Waals surface area contributed by atoms with Crippen molar-refractivity contribution in [2.45, 2.75) is 13.0 Å². The van der Waals surface area contributed by atoms with Gasteiger partial charge >= 0.3 is 0 Å². The average Bonchev–Trinajstić information content (AvgIpc) is 2.51. The Morgan fingerprint density at radius 3 is 2.50 bits per heavy atom. The molecular weight excluding hydrogens is 379 g/mol. The van der Waals surface area contributed by atoms with Crippen LogP contribution >= 0.6 is 34.8 Å². The fourth-order valence-corrected chi connectivity index (χ4v) is 2.39. The largest absolute Gasteiger partial charge is 0.479 e. The fraction of sp³-hybridized carbons (Fsp3) is 0.133. The van der Waals surface area contributed by atoms with Gasteiger partial charge in [-0.2, -0.15) is 0 Å². The minimum Gasteiger partial charge on any atom is -0.479 e. The van der Waals surface area contributed by atoms with Gasteiger partial charge in [0, 0.05) is 17.2 Å². The highest BCUT2D eigenvalue weighted by atomic mass is 35.5. The van der Waals surface area contributed by atoms with Gasteiger partial charge in [-0.05, 0) is 31.2 Å². The number of rotatable bonds is 5. The zero-order chi connectivity index (χ0) is 17.9. The molecule has 126 valence electrons. The summed E-state index contributed by atoms with van der Waals surface area (Å²) in [6.07, 6.45) is -0.918. The zero-order valence-electron chi connectivity index (χ0n) is 12.3. The quantitative estimate of drug-likeness (QED) is 0.579. The lowest BCUT2D eigenvalue weighted by Gasteiger charge is -2.16. The molecule has 0 aliphatic rings. The monoisotopic (exact) mass is 388 g/mol. The van der Waals surface area contributed by atoms with Crippen molar-refractivity contribution in [3.63, 3.8) is 0 Å². The fourth-order valence-electron chi connectivity index (χ4n) is 1.77. The van der Waals surface area contributed by atoms with Crippen LogP contribution < -0.4 is 10.1 Å². The molecule has 0 fully saturated rings. The van der Waals surface area contributed by atoms with Crippen LogP contribution in [0, 0.1) is 10.1 Å². The summed E-state index contributed by atoms with van der Waals surface area (Å²) in [5.41, 5.74) is -0.0717. The normalized spacial score (nSPS) is 11.7. The topological polar surface area (TPSA) is 81.5 Å². The van der Waals surface area contributed by atoms with Crippen molar-refractivity contribution >= 4 is 52.1 Å². The van der Waals surface area contributed by atoms with E-state index in [1.54, 1.807) is 6.07 Å². The Kier molecular flexibility index (Phi) is 5.88. The molecule has 2 aromatic rings. The first kappa shape index (κ1) is 18.3.